The fourth-order valence-electron chi connectivity index (χ4n) is 1.78. The van der Waals surface area contributed by atoms with Crippen LogP contribution in [0.3, 0.4) is 0 Å². The van der Waals surface area contributed by atoms with Crippen molar-refractivity contribution in [2.45, 2.75) is 18.9 Å². The van der Waals surface area contributed by atoms with Crippen LogP contribution in [-0.2, 0) is 0 Å². The van der Waals surface area contributed by atoms with E-state index in [2.05, 4.69) is 10.6 Å². The fourth-order valence-corrected chi connectivity index (χ4v) is 1.78. The third-order valence-corrected chi connectivity index (χ3v) is 3.03. The van der Waals surface area contributed by atoms with E-state index < -0.39 is 0 Å². The van der Waals surface area contributed by atoms with Crippen molar-refractivity contribution in [3.8, 4) is 11.5 Å². The average molecular weight is 264 g/mol. The quantitative estimate of drug-likeness (QED) is 0.726. The Labute approximate surface area is 113 Å². The van der Waals surface area contributed by atoms with Gasteiger partial charge < -0.3 is 20.1 Å². The van der Waals surface area contributed by atoms with Crippen LogP contribution in [0.25, 0.3) is 0 Å². The first-order valence-electron chi connectivity index (χ1n) is 6.47. The van der Waals surface area contributed by atoms with Crippen LogP contribution in [0.5, 0.6) is 11.5 Å². The Morgan fingerprint density at radius 3 is 2.32 bits per heavy atom. The lowest BCUT2D eigenvalue weighted by Gasteiger charge is -2.09. The number of rotatable bonds is 7. The van der Waals surface area contributed by atoms with Crippen molar-refractivity contribution in [2.24, 2.45) is 0 Å². The molecule has 0 atom stereocenters. The summed E-state index contributed by atoms with van der Waals surface area (Å²) >= 11 is 0. The van der Waals surface area contributed by atoms with E-state index in [0.29, 0.717) is 29.6 Å². The van der Waals surface area contributed by atoms with Gasteiger partial charge in [0.25, 0.3) is 5.91 Å². The Morgan fingerprint density at radius 2 is 1.79 bits per heavy atom. The Balaban J connectivity index is 1.88. The van der Waals surface area contributed by atoms with Crippen LogP contribution in [0.15, 0.2) is 18.2 Å². The van der Waals surface area contributed by atoms with Gasteiger partial charge >= 0.3 is 0 Å². The molecule has 1 aromatic rings. The smallest absolute Gasteiger partial charge is 0.251 e. The minimum atomic E-state index is -0.116. The first-order valence-corrected chi connectivity index (χ1v) is 6.47. The number of benzene rings is 1. The summed E-state index contributed by atoms with van der Waals surface area (Å²) in [5, 5.41) is 6.22. The summed E-state index contributed by atoms with van der Waals surface area (Å²) in [7, 11) is 3.13. The topological polar surface area (TPSA) is 59.6 Å². The van der Waals surface area contributed by atoms with E-state index in [-0.39, 0.29) is 5.91 Å². The lowest BCUT2D eigenvalue weighted by atomic mass is 10.2. The van der Waals surface area contributed by atoms with Gasteiger partial charge in [-0.25, -0.2) is 0 Å². The molecule has 1 aliphatic carbocycles. The molecule has 104 valence electrons. The highest BCUT2D eigenvalue weighted by Crippen LogP contribution is 2.22. The molecule has 0 spiro atoms. The number of hydrogen-bond acceptors (Lipinski definition) is 4. The number of hydrogen-bond donors (Lipinski definition) is 2. The maximum absolute atomic E-state index is 12.0. The van der Waals surface area contributed by atoms with Crippen LogP contribution >= 0.6 is 0 Å². The highest BCUT2D eigenvalue weighted by Gasteiger charge is 2.19. The maximum atomic E-state index is 12.0. The van der Waals surface area contributed by atoms with Crippen LogP contribution in [0.2, 0.25) is 0 Å². The molecule has 0 unspecified atom stereocenters. The second-order valence-electron chi connectivity index (χ2n) is 4.59. The molecule has 0 saturated heterocycles. The predicted molar refractivity (Wildman–Crippen MR) is 72.9 cm³/mol. The van der Waals surface area contributed by atoms with Gasteiger partial charge in [0.15, 0.2) is 0 Å². The molecule has 1 aliphatic rings. The number of methoxy groups -OCH3 is 2. The number of carbonyl (C=O) groups excluding carboxylic acids is 1. The van der Waals surface area contributed by atoms with Crippen LogP contribution in [0, 0.1) is 0 Å². The molecular weight excluding hydrogens is 244 g/mol. The van der Waals surface area contributed by atoms with E-state index in [1.807, 2.05) is 0 Å². The summed E-state index contributed by atoms with van der Waals surface area (Å²) in [4.78, 5) is 12.0. The molecule has 0 radical (unpaired) electrons. The van der Waals surface area contributed by atoms with Crippen molar-refractivity contribution >= 4 is 5.91 Å². The van der Waals surface area contributed by atoms with Crippen LogP contribution in [0.4, 0.5) is 0 Å². The summed E-state index contributed by atoms with van der Waals surface area (Å²) in [6, 6.07) is 5.80. The van der Waals surface area contributed by atoms with E-state index in [1.54, 1.807) is 32.4 Å². The number of amides is 1. The predicted octanol–water partition coefficient (Wildman–Crippen LogP) is 1.19. The van der Waals surface area contributed by atoms with Crippen molar-refractivity contribution in [3.05, 3.63) is 23.8 Å². The lowest BCUT2D eigenvalue weighted by molar-refractivity contribution is 0.0953. The molecule has 5 nitrogen and oxygen atoms in total. The SMILES string of the molecule is COc1cc(OC)cc(C(=O)NCCNC2CC2)c1. The second kappa shape index (κ2) is 6.43. The van der Waals surface area contributed by atoms with Crippen molar-refractivity contribution in [1.29, 1.82) is 0 Å². The van der Waals surface area contributed by atoms with Gasteiger partial charge in [0.2, 0.25) is 0 Å². The van der Waals surface area contributed by atoms with E-state index in [4.69, 9.17) is 9.47 Å². The second-order valence-corrected chi connectivity index (χ2v) is 4.59. The molecule has 1 aromatic carbocycles. The largest absolute Gasteiger partial charge is 0.497 e. The van der Waals surface area contributed by atoms with E-state index in [9.17, 15) is 4.79 Å². The molecule has 0 aromatic heterocycles. The number of nitrogens with one attached hydrogen (secondary N) is 2. The monoisotopic (exact) mass is 264 g/mol. The minimum absolute atomic E-state index is 0.116. The van der Waals surface area contributed by atoms with E-state index in [0.717, 1.165) is 6.54 Å². The number of ether oxygens (including phenoxy) is 2. The molecule has 1 saturated carbocycles. The van der Waals surface area contributed by atoms with E-state index >= 15 is 0 Å². The molecule has 19 heavy (non-hydrogen) atoms. The first-order chi connectivity index (χ1) is 9.22. The molecular formula is C14H20N2O3. The third-order valence-electron chi connectivity index (χ3n) is 3.03. The zero-order chi connectivity index (χ0) is 13.7. The Kier molecular flexibility index (Phi) is 4.63. The molecule has 0 bridgehead atoms. The molecule has 2 rings (SSSR count). The molecule has 1 amide bonds. The van der Waals surface area contributed by atoms with Crippen molar-refractivity contribution in [2.75, 3.05) is 27.3 Å². The van der Waals surface area contributed by atoms with Crippen molar-refractivity contribution < 1.29 is 14.3 Å². The molecule has 0 heterocycles. The summed E-state index contributed by atoms with van der Waals surface area (Å²) in [5.41, 5.74) is 0.544. The first kappa shape index (κ1) is 13.7. The van der Waals surface area contributed by atoms with Crippen molar-refractivity contribution in [1.82, 2.24) is 10.6 Å². The summed E-state index contributed by atoms with van der Waals surface area (Å²) in [6.45, 7) is 1.42. The highest BCUT2D eigenvalue weighted by atomic mass is 16.5. The van der Waals surface area contributed by atoms with Gasteiger partial charge in [-0.2, -0.15) is 0 Å². The van der Waals surface area contributed by atoms with Gasteiger partial charge in [0.1, 0.15) is 11.5 Å². The third kappa shape index (κ3) is 4.13. The van der Waals surface area contributed by atoms with Crippen LogP contribution in [0.1, 0.15) is 23.2 Å². The Bertz CT molecular complexity index is 422. The minimum Gasteiger partial charge on any atom is -0.497 e. The highest BCUT2D eigenvalue weighted by molar-refractivity contribution is 5.95. The average Bonchev–Trinajstić information content (AvgIpc) is 3.26. The zero-order valence-corrected chi connectivity index (χ0v) is 11.4. The molecule has 0 aliphatic heterocycles. The van der Waals surface area contributed by atoms with Gasteiger partial charge in [-0.1, -0.05) is 0 Å². The standard InChI is InChI=1S/C14H20N2O3/c1-18-12-7-10(8-13(9-12)19-2)14(17)16-6-5-15-11-3-4-11/h7-9,11,15H,3-6H2,1-2H3,(H,16,17). The molecule has 2 N–H and O–H groups in total. The summed E-state index contributed by atoms with van der Waals surface area (Å²) in [5.74, 6) is 1.11. The number of carbonyl (C=O) groups is 1. The van der Waals surface area contributed by atoms with Gasteiger partial charge in [-0.05, 0) is 25.0 Å². The van der Waals surface area contributed by atoms with Crippen LogP contribution in [-0.4, -0.2) is 39.3 Å². The van der Waals surface area contributed by atoms with Gasteiger partial charge in [0.05, 0.1) is 14.2 Å². The van der Waals surface area contributed by atoms with Gasteiger partial charge in [-0.15, -0.1) is 0 Å². The Morgan fingerprint density at radius 1 is 1.16 bits per heavy atom. The van der Waals surface area contributed by atoms with E-state index in [1.165, 1.54) is 12.8 Å². The van der Waals surface area contributed by atoms with Crippen LogP contribution < -0.4 is 20.1 Å². The summed E-state index contributed by atoms with van der Waals surface area (Å²) in [6.07, 6.45) is 2.50. The molecule has 5 heteroatoms. The maximum Gasteiger partial charge on any atom is 0.251 e. The fraction of sp³-hybridized carbons (Fsp3) is 0.500. The van der Waals surface area contributed by atoms with Crippen molar-refractivity contribution in [3.63, 3.8) is 0 Å². The molecule has 1 fully saturated rings. The lowest BCUT2D eigenvalue weighted by Crippen LogP contribution is -2.32. The van der Waals surface area contributed by atoms with Gasteiger partial charge in [0, 0.05) is 30.8 Å². The van der Waals surface area contributed by atoms with Gasteiger partial charge in [-0.3, -0.25) is 4.79 Å². The normalized spacial score (nSPS) is 14.0. The summed E-state index contributed by atoms with van der Waals surface area (Å²) < 4.78 is 10.3. The zero-order valence-electron chi connectivity index (χ0n) is 11.4. The Hall–Kier alpha value is -1.75.